The minimum Gasteiger partial charge on any atom is -0.496 e. The monoisotopic (exact) mass is 412 g/mol. The molecule has 156 valence electrons. The van der Waals surface area contributed by atoms with E-state index in [1.165, 1.54) is 19.2 Å². The summed E-state index contributed by atoms with van der Waals surface area (Å²) in [5.41, 5.74) is 5.84. The van der Waals surface area contributed by atoms with Crippen molar-refractivity contribution in [1.29, 1.82) is 0 Å². The number of esters is 2. The molecule has 0 bridgehead atoms. The summed E-state index contributed by atoms with van der Waals surface area (Å²) in [5.74, 6) is -0.391. The number of anilines is 1. The lowest BCUT2D eigenvalue weighted by Crippen LogP contribution is -2.40. The molecular weight excluding hydrogens is 384 g/mol. The molecule has 2 N–H and O–H groups in total. The van der Waals surface area contributed by atoms with E-state index in [1.54, 1.807) is 0 Å². The minimum atomic E-state index is -0.512. The van der Waals surface area contributed by atoms with Crippen LogP contribution in [0.2, 0.25) is 5.02 Å². The zero-order valence-corrected chi connectivity index (χ0v) is 17.7. The maximum absolute atomic E-state index is 12.3. The van der Waals surface area contributed by atoms with Crippen molar-refractivity contribution in [2.75, 3.05) is 39.1 Å². The fourth-order valence-electron chi connectivity index (χ4n) is 3.02. The first-order chi connectivity index (χ1) is 13.1. The average Bonchev–Trinajstić information content (AvgIpc) is 2.62. The maximum Gasteiger partial charge on any atom is 0.342 e. The lowest BCUT2D eigenvalue weighted by molar-refractivity contribution is -0.161. The molecule has 0 aliphatic carbocycles. The Morgan fingerprint density at radius 3 is 2.46 bits per heavy atom. The number of rotatable bonds is 6. The topological polar surface area (TPSA) is 91.1 Å². The number of nitrogens with two attached hydrogens (primary N) is 1. The predicted octanol–water partition coefficient (Wildman–Crippen LogP) is 3.14. The third kappa shape index (κ3) is 6.27. The molecule has 0 radical (unpaired) electrons. The van der Waals surface area contributed by atoms with E-state index in [9.17, 15) is 9.59 Å². The number of piperidine rings is 1. The van der Waals surface area contributed by atoms with Gasteiger partial charge in [-0.05, 0) is 52.8 Å². The number of nitrogen functional groups attached to an aromatic ring is 1. The van der Waals surface area contributed by atoms with Crippen LogP contribution in [0.5, 0.6) is 5.75 Å². The number of hydrogen-bond acceptors (Lipinski definition) is 7. The number of halogens is 1. The Morgan fingerprint density at radius 2 is 1.89 bits per heavy atom. The van der Waals surface area contributed by atoms with Crippen molar-refractivity contribution in [3.05, 3.63) is 22.7 Å². The molecule has 0 aromatic heterocycles. The van der Waals surface area contributed by atoms with Gasteiger partial charge in [-0.25, -0.2) is 4.79 Å². The number of carbonyl (C=O) groups excluding carboxylic acids is 2. The summed E-state index contributed by atoms with van der Waals surface area (Å²) >= 11 is 5.99. The number of benzene rings is 1. The first kappa shape index (κ1) is 22.3. The Labute approximate surface area is 171 Å². The summed E-state index contributed by atoms with van der Waals surface area (Å²) in [6.07, 6.45) is 1.48. The number of likely N-dealkylation sites (tertiary alicyclic amines) is 1. The van der Waals surface area contributed by atoms with Crippen LogP contribution in [0.25, 0.3) is 0 Å². The first-order valence-electron chi connectivity index (χ1n) is 9.36. The molecule has 0 amide bonds. The van der Waals surface area contributed by atoms with Crippen LogP contribution in [0.3, 0.4) is 0 Å². The molecule has 7 nitrogen and oxygen atoms in total. The summed E-state index contributed by atoms with van der Waals surface area (Å²) in [7, 11) is 1.45. The third-order valence-corrected chi connectivity index (χ3v) is 4.83. The highest BCUT2D eigenvalue weighted by atomic mass is 35.5. The molecule has 1 aliphatic heterocycles. The van der Waals surface area contributed by atoms with E-state index in [1.807, 2.05) is 20.8 Å². The van der Waals surface area contributed by atoms with E-state index in [2.05, 4.69) is 4.90 Å². The molecule has 1 saturated heterocycles. The SMILES string of the molecule is COc1cc(N)c(Cl)cc1C(=O)OCCN1CCC(C(=O)OC(C)(C)C)CC1. The van der Waals surface area contributed by atoms with Gasteiger partial charge in [0.1, 0.15) is 23.5 Å². The van der Waals surface area contributed by atoms with E-state index in [0.717, 1.165) is 25.9 Å². The molecule has 1 aromatic rings. The molecule has 1 heterocycles. The Morgan fingerprint density at radius 1 is 1.25 bits per heavy atom. The molecule has 0 atom stereocenters. The number of carbonyl (C=O) groups is 2. The van der Waals surface area contributed by atoms with Gasteiger partial charge in [-0.15, -0.1) is 0 Å². The van der Waals surface area contributed by atoms with E-state index >= 15 is 0 Å². The number of ether oxygens (including phenoxy) is 3. The van der Waals surface area contributed by atoms with Crippen LogP contribution < -0.4 is 10.5 Å². The lowest BCUT2D eigenvalue weighted by atomic mass is 9.96. The highest BCUT2D eigenvalue weighted by Crippen LogP contribution is 2.29. The molecule has 0 saturated carbocycles. The smallest absolute Gasteiger partial charge is 0.342 e. The van der Waals surface area contributed by atoms with Crippen LogP contribution in [0.4, 0.5) is 5.69 Å². The fraction of sp³-hybridized carbons (Fsp3) is 0.600. The molecule has 0 unspecified atom stereocenters. The second kappa shape index (κ2) is 9.47. The highest BCUT2D eigenvalue weighted by molar-refractivity contribution is 6.33. The van der Waals surface area contributed by atoms with Gasteiger partial charge in [-0.3, -0.25) is 9.69 Å². The van der Waals surface area contributed by atoms with Gasteiger partial charge < -0.3 is 19.9 Å². The summed E-state index contributed by atoms with van der Waals surface area (Å²) in [6.45, 7) is 7.97. The van der Waals surface area contributed by atoms with Crippen molar-refractivity contribution in [3.8, 4) is 5.75 Å². The molecule has 1 fully saturated rings. The molecule has 28 heavy (non-hydrogen) atoms. The second-order valence-electron chi connectivity index (χ2n) is 7.86. The molecule has 0 spiro atoms. The zero-order valence-electron chi connectivity index (χ0n) is 16.9. The van der Waals surface area contributed by atoms with Crippen LogP contribution in [0.15, 0.2) is 12.1 Å². The van der Waals surface area contributed by atoms with Crippen molar-refractivity contribution in [2.24, 2.45) is 5.92 Å². The van der Waals surface area contributed by atoms with Gasteiger partial charge in [0.2, 0.25) is 0 Å². The predicted molar refractivity (Wildman–Crippen MR) is 108 cm³/mol. The second-order valence-corrected chi connectivity index (χ2v) is 8.27. The molecule has 1 aliphatic rings. The maximum atomic E-state index is 12.3. The summed E-state index contributed by atoms with van der Waals surface area (Å²) in [4.78, 5) is 26.6. The molecule has 1 aromatic carbocycles. The third-order valence-electron chi connectivity index (χ3n) is 4.51. The van der Waals surface area contributed by atoms with Gasteiger partial charge in [-0.1, -0.05) is 11.6 Å². The van der Waals surface area contributed by atoms with E-state index < -0.39 is 11.6 Å². The largest absolute Gasteiger partial charge is 0.496 e. The van der Waals surface area contributed by atoms with Crippen LogP contribution in [0.1, 0.15) is 44.0 Å². The average molecular weight is 413 g/mol. The van der Waals surface area contributed by atoms with Crippen LogP contribution in [-0.4, -0.2) is 55.8 Å². The number of hydrogen-bond donors (Lipinski definition) is 1. The lowest BCUT2D eigenvalue weighted by Gasteiger charge is -2.32. The van der Waals surface area contributed by atoms with Gasteiger partial charge in [0.15, 0.2) is 0 Å². The molecular formula is C20H29ClN2O5. The van der Waals surface area contributed by atoms with Crippen molar-refractivity contribution < 1.29 is 23.8 Å². The highest BCUT2D eigenvalue weighted by Gasteiger charge is 2.29. The number of nitrogens with zero attached hydrogens (tertiary/aromatic N) is 1. The van der Waals surface area contributed by atoms with Crippen molar-refractivity contribution in [1.82, 2.24) is 4.90 Å². The summed E-state index contributed by atoms with van der Waals surface area (Å²) in [5, 5.41) is 0.275. The molecule has 8 heteroatoms. The van der Waals surface area contributed by atoms with Crippen LogP contribution >= 0.6 is 11.6 Å². The van der Waals surface area contributed by atoms with Gasteiger partial charge >= 0.3 is 11.9 Å². The van der Waals surface area contributed by atoms with Crippen molar-refractivity contribution in [3.63, 3.8) is 0 Å². The standard InChI is InChI=1S/C20H29ClN2O5/c1-20(2,3)28-18(24)13-5-7-23(8-6-13)9-10-27-19(25)14-11-15(21)16(22)12-17(14)26-4/h11-13H,5-10,22H2,1-4H3. The normalized spacial score (nSPS) is 15.9. The van der Waals surface area contributed by atoms with E-state index in [-0.39, 0.29) is 29.1 Å². The van der Waals surface area contributed by atoms with Gasteiger partial charge in [0.05, 0.1) is 23.7 Å². The Bertz CT molecular complexity index is 709. The Balaban J connectivity index is 1.78. The Kier molecular flexibility index (Phi) is 7.55. The van der Waals surface area contributed by atoms with Crippen molar-refractivity contribution in [2.45, 2.75) is 39.2 Å². The Hall–Kier alpha value is -1.99. The van der Waals surface area contributed by atoms with E-state index in [4.69, 9.17) is 31.5 Å². The van der Waals surface area contributed by atoms with Gasteiger partial charge in [0, 0.05) is 12.6 Å². The summed E-state index contributed by atoms with van der Waals surface area (Å²) in [6, 6.07) is 2.95. The van der Waals surface area contributed by atoms with Crippen molar-refractivity contribution >= 4 is 29.2 Å². The quantitative estimate of drug-likeness (QED) is 0.566. The minimum absolute atomic E-state index is 0.0702. The van der Waals surface area contributed by atoms with E-state index in [0.29, 0.717) is 18.0 Å². The first-order valence-corrected chi connectivity index (χ1v) is 9.74. The molecule has 2 rings (SSSR count). The van der Waals surface area contributed by atoms with Gasteiger partial charge in [0.25, 0.3) is 0 Å². The van der Waals surface area contributed by atoms with Crippen LogP contribution in [-0.2, 0) is 14.3 Å². The van der Waals surface area contributed by atoms with Crippen LogP contribution in [0, 0.1) is 5.92 Å². The fourth-order valence-corrected chi connectivity index (χ4v) is 3.18. The zero-order chi connectivity index (χ0) is 20.9. The number of methoxy groups -OCH3 is 1. The summed E-state index contributed by atoms with van der Waals surface area (Å²) < 4.78 is 16.0. The van der Waals surface area contributed by atoms with Gasteiger partial charge in [-0.2, -0.15) is 0 Å².